The number of Topliss-reactive ketones (excluding diaryl/α,β-unsaturated/α-hetero) is 1. The second kappa shape index (κ2) is 16.4. The number of nitrogens with one attached hydrogen (secondary N) is 3. The fourth-order valence-electron chi connectivity index (χ4n) is 12.6. The van der Waals surface area contributed by atoms with E-state index in [9.17, 15) is 27.6 Å². The summed E-state index contributed by atoms with van der Waals surface area (Å²) in [5.74, 6) is -2.49. The summed E-state index contributed by atoms with van der Waals surface area (Å²) in [5, 5.41) is 6.39. The van der Waals surface area contributed by atoms with Crippen LogP contribution in [0.4, 0.5) is 0 Å². The number of nitrogens with zero attached hydrogens (tertiary/aromatic N) is 2. The van der Waals surface area contributed by atoms with Crippen molar-refractivity contribution >= 4 is 39.4 Å². The van der Waals surface area contributed by atoms with Crippen LogP contribution in [0.2, 0.25) is 0 Å². The molecule has 4 amide bonds. The molecular weight excluding hydrogens is 779 g/mol. The molecule has 6 rings (SSSR count). The molecule has 338 valence electrons. The molecule has 1 unspecified atom stereocenters. The van der Waals surface area contributed by atoms with Crippen LogP contribution in [0.1, 0.15) is 159 Å². The van der Waals surface area contributed by atoms with E-state index in [1.807, 2.05) is 20.8 Å². The minimum Gasteiger partial charge on any atom is -0.343 e. The van der Waals surface area contributed by atoms with Gasteiger partial charge in [0.25, 0.3) is 0 Å². The molecule has 60 heavy (non-hydrogen) atoms. The van der Waals surface area contributed by atoms with E-state index in [0.29, 0.717) is 19.4 Å². The van der Waals surface area contributed by atoms with Gasteiger partial charge in [0.05, 0.1) is 23.3 Å². The van der Waals surface area contributed by atoms with Crippen LogP contribution in [0, 0.1) is 44.3 Å². The van der Waals surface area contributed by atoms with E-state index in [-0.39, 0.29) is 75.8 Å². The zero-order valence-electron chi connectivity index (χ0n) is 38.5. The first-order valence-electron chi connectivity index (χ1n) is 23.1. The lowest BCUT2D eigenvalue weighted by Gasteiger charge is -2.40. The molecule has 0 bridgehead atoms. The molecule has 2 heterocycles. The topological polar surface area (TPSA) is 162 Å². The molecule has 12 nitrogen and oxygen atoms in total. The molecule has 6 fully saturated rings. The van der Waals surface area contributed by atoms with E-state index >= 15 is 4.79 Å². The van der Waals surface area contributed by atoms with Gasteiger partial charge in [0.2, 0.25) is 33.7 Å². The van der Waals surface area contributed by atoms with Crippen LogP contribution in [0.25, 0.3) is 0 Å². The molecule has 2 aliphatic heterocycles. The molecular formula is C47H77N5O7S. The fourth-order valence-corrected chi connectivity index (χ4v) is 14.3. The first kappa shape index (κ1) is 46.7. The Hall–Kier alpha value is -2.80. The Balaban J connectivity index is 1.28. The van der Waals surface area contributed by atoms with Crippen LogP contribution >= 0.6 is 0 Å². The van der Waals surface area contributed by atoms with Gasteiger partial charge in [-0.25, -0.2) is 8.42 Å². The molecule has 0 aromatic carbocycles. The van der Waals surface area contributed by atoms with Crippen molar-refractivity contribution in [2.45, 2.75) is 189 Å². The van der Waals surface area contributed by atoms with Crippen LogP contribution in [0.5, 0.6) is 0 Å². The summed E-state index contributed by atoms with van der Waals surface area (Å²) < 4.78 is 28.5. The number of fused-ring (bicyclic) bond motifs is 1. The Kier molecular flexibility index (Phi) is 12.8. The van der Waals surface area contributed by atoms with Crippen molar-refractivity contribution in [2.24, 2.45) is 44.3 Å². The zero-order valence-corrected chi connectivity index (χ0v) is 39.3. The predicted octanol–water partition coefficient (Wildman–Crippen LogP) is 6.29. The minimum atomic E-state index is -3.98. The monoisotopic (exact) mass is 856 g/mol. The van der Waals surface area contributed by atoms with Gasteiger partial charge in [0.1, 0.15) is 12.1 Å². The number of carbonyl (C=O) groups is 5. The van der Waals surface area contributed by atoms with Crippen LogP contribution in [-0.2, 0) is 34.0 Å². The van der Waals surface area contributed by atoms with Crippen molar-refractivity contribution in [1.82, 2.24) is 25.2 Å². The number of ketones is 1. The Morgan fingerprint density at radius 3 is 1.98 bits per heavy atom. The lowest BCUT2D eigenvalue weighted by Crippen LogP contribution is -2.62. The Bertz CT molecular complexity index is 1820. The number of allylic oxidation sites excluding steroid dienone is 1. The third-order valence-electron chi connectivity index (χ3n) is 16.3. The predicted molar refractivity (Wildman–Crippen MR) is 234 cm³/mol. The molecule has 0 aromatic rings. The van der Waals surface area contributed by atoms with Crippen LogP contribution in [0.3, 0.4) is 0 Å². The smallest absolute Gasteiger partial charge is 0.246 e. The average Bonchev–Trinajstić information content (AvgIpc) is 3.86. The summed E-state index contributed by atoms with van der Waals surface area (Å²) in [6.45, 7) is 24.9. The van der Waals surface area contributed by atoms with E-state index in [0.717, 1.165) is 77.2 Å². The number of hydrogen-bond acceptors (Lipinski definition) is 8. The highest BCUT2D eigenvalue weighted by Crippen LogP contribution is 2.88. The van der Waals surface area contributed by atoms with Crippen molar-refractivity contribution in [2.75, 3.05) is 18.8 Å². The number of piperidine rings is 1. The standard InChI is InChI=1S/C47H77N5O7S/c1-12-32-25-45(32,41(57)50-60(58,59)29-42(4,5)6)27-35(53)34-26-47(44(10,11)46(47)22-18-23-46)28-52(34)40(56)37(43(7,8)9)49-39(55)36(31-19-14-13-15-20-31)48-38(54)33-21-16-17-24-51(33)30(2)3/h12,30-34,36-37H,1,13-29H2,2-11H3,(H,48,54)(H,49,55)(H,50,57)/t32-,33+,34+,36?,37-,45-,47-/m1/s1. The number of sulfonamides is 1. The highest BCUT2D eigenvalue weighted by Gasteiger charge is 2.85. The SMILES string of the molecule is C=C[C@@H]1C[C@]1(CC(=O)[C@@H]1C[C@@]2(CN1C(=O)[C@@H](NC(=O)C(NC(=O)[C@@H]1CCCCN1C(C)C)C1CCCCC1)C(C)(C)C)C(C)(C)C21CCC1)C(=O)NS(=O)(=O)CC(C)(C)C. The molecule has 2 spiro atoms. The third kappa shape index (κ3) is 8.49. The maximum Gasteiger partial charge on any atom is 0.246 e. The quantitative estimate of drug-likeness (QED) is 0.172. The Morgan fingerprint density at radius 2 is 1.47 bits per heavy atom. The number of likely N-dealkylation sites (tertiary alicyclic amines) is 2. The fraction of sp³-hybridized carbons (Fsp3) is 0.851. The van der Waals surface area contributed by atoms with Crippen molar-refractivity contribution in [3.8, 4) is 0 Å². The average molecular weight is 856 g/mol. The number of hydrogen-bond donors (Lipinski definition) is 3. The van der Waals surface area contributed by atoms with Gasteiger partial charge in [-0.2, -0.15) is 0 Å². The van der Waals surface area contributed by atoms with Crippen LogP contribution in [0.15, 0.2) is 12.7 Å². The van der Waals surface area contributed by atoms with E-state index in [1.54, 1.807) is 31.7 Å². The molecule has 0 radical (unpaired) electrons. The second-order valence-electron chi connectivity index (χ2n) is 23.0. The van der Waals surface area contributed by atoms with Gasteiger partial charge in [-0.05, 0) is 105 Å². The van der Waals surface area contributed by atoms with Crippen LogP contribution in [-0.4, -0.2) is 96.7 Å². The lowest BCUT2D eigenvalue weighted by atomic mass is 9.73. The first-order chi connectivity index (χ1) is 27.8. The summed E-state index contributed by atoms with van der Waals surface area (Å²) >= 11 is 0. The van der Waals surface area contributed by atoms with E-state index in [1.165, 1.54) is 0 Å². The lowest BCUT2D eigenvalue weighted by molar-refractivity contribution is -0.145. The summed E-state index contributed by atoms with van der Waals surface area (Å²) in [4.78, 5) is 76.8. The number of carbonyl (C=O) groups excluding carboxylic acids is 5. The van der Waals surface area contributed by atoms with Gasteiger partial charge in [-0.15, -0.1) is 6.58 Å². The van der Waals surface area contributed by atoms with Gasteiger partial charge in [-0.1, -0.05) is 93.6 Å². The maximum absolute atomic E-state index is 15.3. The summed E-state index contributed by atoms with van der Waals surface area (Å²) in [7, 11) is -3.98. The molecule has 0 aromatic heterocycles. The van der Waals surface area contributed by atoms with E-state index < -0.39 is 50.3 Å². The van der Waals surface area contributed by atoms with Crippen molar-refractivity contribution in [3.63, 3.8) is 0 Å². The number of rotatable bonds is 14. The normalized spacial score (nSPS) is 31.2. The first-order valence-corrected chi connectivity index (χ1v) is 24.8. The highest BCUT2D eigenvalue weighted by atomic mass is 32.2. The summed E-state index contributed by atoms with van der Waals surface area (Å²) in [6, 6.07) is -2.77. The third-order valence-corrected chi connectivity index (χ3v) is 18.1. The van der Waals surface area contributed by atoms with Gasteiger partial charge in [0, 0.05) is 24.4 Å². The molecule has 2 saturated heterocycles. The summed E-state index contributed by atoms with van der Waals surface area (Å²) in [6.07, 6.45) is 12.7. The van der Waals surface area contributed by atoms with Crippen molar-refractivity contribution in [3.05, 3.63) is 12.7 Å². The highest BCUT2D eigenvalue weighted by molar-refractivity contribution is 7.90. The zero-order chi connectivity index (χ0) is 44.4. The second-order valence-corrected chi connectivity index (χ2v) is 24.7. The minimum absolute atomic E-state index is 0.00666. The molecule has 4 saturated carbocycles. The van der Waals surface area contributed by atoms with Gasteiger partial charge in [-0.3, -0.25) is 33.6 Å². The van der Waals surface area contributed by atoms with E-state index in [2.05, 4.69) is 54.5 Å². The molecule has 6 aliphatic rings. The Morgan fingerprint density at radius 1 is 0.833 bits per heavy atom. The Labute approximate surface area is 361 Å². The molecule has 4 aliphatic carbocycles. The number of amides is 4. The largest absolute Gasteiger partial charge is 0.343 e. The molecule has 7 atom stereocenters. The van der Waals surface area contributed by atoms with Crippen molar-refractivity contribution < 1.29 is 32.4 Å². The maximum atomic E-state index is 15.3. The van der Waals surface area contributed by atoms with Gasteiger partial charge in [0.15, 0.2) is 5.78 Å². The van der Waals surface area contributed by atoms with Crippen LogP contribution < -0.4 is 15.4 Å². The van der Waals surface area contributed by atoms with Gasteiger partial charge >= 0.3 is 0 Å². The van der Waals surface area contributed by atoms with E-state index in [4.69, 9.17) is 0 Å². The molecule has 13 heteroatoms. The van der Waals surface area contributed by atoms with Crippen molar-refractivity contribution in [1.29, 1.82) is 0 Å². The van der Waals surface area contributed by atoms with Gasteiger partial charge < -0.3 is 15.5 Å². The summed E-state index contributed by atoms with van der Waals surface area (Å²) in [5.41, 5.74) is -3.02. The molecule has 3 N–H and O–H groups in total.